The first kappa shape index (κ1) is 13.9. The molecular weight excluding hydrogens is 252 g/mol. The van der Waals surface area contributed by atoms with Crippen molar-refractivity contribution in [2.45, 2.75) is 13.8 Å². The molecule has 0 radical (unpaired) electrons. The van der Waals surface area contributed by atoms with Crippen molar-refractivity contribution < 1.29 is 9.53 Å². The Kier molecular flexibility index (Phi) is 4.25. The van der Waals surface area contributed by atoms with Crippen LogP contribution in [0.1, 0.15) is 11.1 Å². The Morgan fingerprint density at radius 3 is 2.55 bits per heavy atom. The Morgan fingerprint density at radius 2 is 1.85 bits per heavy atom. The lowest BCUT2D eigenvalue weighted by molar-refractivity contribution is -0.118. The molecule has 0 saturated carbocycles. The van der Waals surface area contributed by atoms with Crippen LogP contribution in [0.5, 0.6) is 5.75 Å². The van der Waals surface area contributed by atoms with Crippen molar-refractivity contribution >= 4 is 17.3 Å². The number of carbonyl (C=O) groups is 1. The molecule has 0 unspecified atom stereocenters. The molecule has 1 amide bonds. The number of anilines is 2. The predicted octanol–water partition coefficient (Wildman–Crippen LogP) is 2.90. The van der Waals surface area contributed by atoms with E-state index in [9.17, 15) is 4.79 Å². The molecule has 0 aliphatic carbocycles. The van der Waals surface area contributed by atoms with Crippen molar-refractivity contribution in [2.24, 2.45) is 0 Å². The van der Waals surface area contributed by atoms with Crippen LogP contribution in [0.25, 0.3) is 0 Å². The molecule has 0 heterocycles. The van der Waals surface area contributed by atoms with Gasteiger partial charge in [0, 0.05) is 11.4 Å². The van der Waals surface area contributed by atoms with Gasteiger partial charge in [0.05, 0.1) is 0 Å². The lowest BCUT2D eigenvalue weighted by atomic mass is 10.2. The molecule has 0 aromatic heterocycles. The van der Waals surface area contributed by atoms with E-state index < -0.39 is 0 Å². The number of rotatable bonds is 4. The molecule has 2 rings (SSSR count). The SMILES string of the molecule is Cc1ccc(OCC(=O)Nc2cc(N)ccc2C)cc1. The standard InChI is InChI=1S/C16H18N2O2/c1-11-3-7-14(8-4-11)20-10-16(19)18-15-9-13(17)6-5-12(15)2/h3-9H,10,17H2,1-2H3,(H,18,19). The smallest absolute Gasteiger partial charge is 0.262 e. The molecule has 0 aliphatic rings. The molecule has 4 heteroatoms. The molecule has 0 fully saturated rings. The third kappa shape index (κ3) is 3.75. The van der Waals surface area contributed by atoms with E-state index in [1.807, 2.05) is 44.2 Å². The van der Waals surface area contributed by atoms with Crippen molar-refractivity contribution in [3.63, 3.8) is 0 Å². The number of nitrogens with two attached hydrogens (primary N) is 1. The summed E-state index contributed by atoms with van der Waals surface area (Å²) in [4.78, 5) is 11.8. The van der Waals surface area contributed by atoms with E-state index in [0.29, 0.717) is 17.1 Å². The molecule has 2 aromatic carbocycles. The maximum absolute atomic E-state index is 11.8. The van der Waals surface area contributed by atoms with Crippen molar-refractivity contribution in [3.05, 3.63) is 53.6 Å². The highest BCUT2D eigenvalue weighted by Gasteiger charge is 2.06. The zero-order valence-electron chi connectivity index (χ0n) is 11.6. The van der Waals surface area contributed by atoms with Crippen LogP contribution < -0.4 is 15.8 Å². The second-order valence-corrected chi connectivity index (χ2v) is 4.72. The normalized spacial score (nSPS) is 10.1. The van der Waals surface area contributed by atoms with E-state index in [-0.39, 0.29) is 12.5 Å². The minimum atomic E-state index is -0.209. The topological polar surface area (TPSA) is 64.3 Å². The van der Waals surface area contributed by atoms with Crippen LogP contribution in [0.2, 0.25) is 0 Å². The Balaban J connectivity index is 1.92. The Hall–Kier alpha value is -2.49. The second kappa shape index (κ2) is 6.10. The number of ether oxygens (including phenoxy) is 1. The van der Waals surface area contributed by atoms with Gasteiger partial charge in [-0.3, -0.25) is 4.79 Å². The van der Waals surface area contributed by atoms with Gasteiger partial charge in [0.2, 0.25) is 0 Å². The number of benzene rings is 2. The van der Waals surface area contributed by atoms with E-state index in [0.717, 1.165) is 11.1 Å². The third-order valence-electron chi connectivity index (χ3n) is 2.93. The average Bonchev–Trinajstić information content (AvgIpc) is 2.42. The summed E-state index contributed by atoms with van der Waals surface area (Å²) < 4.78 is 5.42. The van der Waals surface area contributed by atoms with Gasteiger partial charge in [0.25, 0.3) is 5.91 Å². The fourth-order valence-corrected chi connectivity index (χ4v) is 1.74. The quantitative estimate of drug-likeness (QED) is 0.840. The second-order valence-electron chi connectivity index (χ2n) is 4.72. The van der Waals surface area contributed by atoms with Crippen LogP contribution in [-0.4, -0.2) is 12.5 Å². The highest BCUT2D eigenvalue weighted by Crippen LogP contribution is 2.18. The summed E-state index contributed by atoms with van der Waals surface area (Å²) in [7, 11) is 0. The summed E-state index contributed by atoms with van der Waals surface area (Å²) in [6.07, 6.45) is 0. The van der Waals surface area contributed by atoms with E-state index >= 15 is 0 Å². The van der Waals surface area contributed by atoms with Gasteiger partial charge in [0.1, 0.15) is 5.75 Å². The number of nitrogens with one attached hydrogen (secondary N) is 1. The van der Waals surface area contributed by atoms with Crippen LogP contribution in [0.4, 0.5) is 11.4 Å². The lowest BCUT2D eigenvalue weighted by Crippen LogP contribution is -2.20. The van der Waals surface area contributed by atoms with Crippen molar-refractivity contribution in [3.8, 4) is 5.75 Å². The molecule has 4 nitrogen and oxygen atoms in total. The predicted molar refractivity (Wildman–Crippen MR) is 80.9 cm³/mol. The molecule has 0 spiro atoms. The Labute approximate surface area is 118 Å². The molecule has 104 valence electrons. The maximum atomic E-state index is 11.8. The fraction of sp³-hybridized carbons (Fsp3) is 0.188. The van der Waals surface area contributed by atoms with Gasteiger partial charge >= 0.3 is 0 Å². The first-order valence-electron chi connectivity index (χ1n) is 6.40. The molecular formula is C16H18N2O2. The van der Waals surface area contributed by atoms with E-state index in [2.05, 4.69) is 5.32 Å². The number of nitrogen functional groups attached to an aromatic ring is 1. The number of amides is 1. The van der Waals surface area contributed by atoms with Gasteiger partial charge in [0.15, 0.2) is 6.61 Å². The fourth-order valence-electron chi connectivity index (χ4n) is 1.74. The van der Waals surface area contributed by atoms with Crippen LogP contribution in [-0.2, 0) is 4.79 Å². The first-order valence-corrected chi connectivity index (χ1v) is 6.40. The maximum Gasteiger partial charge on any atom is 0.262 e. The zero-order valence-corrected chi connectivity index (χ0v) is 11.6. The van der Waals surface area contributed by atoms with E-state index in [1.165, 1.54) is 0 Å². The highest BCUT2D eigenvalue weighted by atomic mass is 16.5. The average molecular weight is 270 g/mol. The summed E-state index contributed by atoms with van der Waals surface area (Å²) >= 11 is 0. The van der Waals surface area contributed by atoms with Gasteiger partial charge < -0.3 is 15.8 Å². The van der Waals surface area contributed by atoms with Gasteiger partial charge in [-0.25, -0.2) is 0 Å². The summed E-state index contributed by atoms with van der Waals surface area (Å²) in [5.74, 6) is 0.467. The van der Waals surface area contributed by atoms with Crippen LogP contribution in [0.15, 0.2) is 42.5 Å². The van der Waals surface area contributed by atoms with Crippen LogP contribution in [0.3, 0.4) is 0 Å². The number of hydrogen-bond acceptors (Lipinski definition) is 3. The Bertz CT molecular complexity index is 606. The van der Waals surface area contributed by atoms with Crippen molar-refractivity contribution in [1.29, 1.82) is 0 Å². The summed E-state index contributed by atoms with van der Waals surface area (Å²) in [6.45, 7) is 3.88. The van der Waals surface area contributed by atoms with E-state index in [1.54, 1.807) is 12.1 Å². The molecule has 2 aromatic rings. The minimum absolute atomic E-state index is 0.0305. The molecule has 0 saturated heterocycles. The van der Waals surface area contributed by atoms with Crippen LogP contribution in [0, 0.1) is 13.8 Å². The first-order chi connectivity index (χ1) is 9.54. The van der Waals surface area contributed by atoms with Crippen molar-refractivity contribution in [1.82, 2.24) is 0 Å². The highest BCUT2D eigenvalue weighted by molar-refractivity contribution is 5.93. The molecule has 0 bridgehead atoms. The van der Waals surface area contributed by atoms with Crippen molar-refractivity contribution in [2.75, 3.05) is 17.7 Å². The van der Waals surface area contributed by atoms with Gasteiger partial charge in [-0.2, -0.15) is 0 Å². The van der Waals surface area contributed by atoms with Crippen LogP contribution >= 0.6 is 0 Å². The summed E-state index contributed by atoms with van der Waals surface area (Å²) in [5.41, 5.74) is 9.14. The lowest BCUT2D eigenvalue weighted by Gasteiger charge is -2.10. The van der Waals surface area contributed by atoms with E-state index in [4.69, 9.17) is 10.5 Å². The van der Waals surface area contributed by atoms with Gasteiger partial charge in [-0.1, -0.05) is 23.8 Å². The number of carbonyl (C=O) groups excluding carboxylic acids is 1. The van der Waals surface area contributed by atoms with Gasteiger partial charge in [-0.05, 0) is 43.7 Å². The molecule has 0 aliphatic heterocycles. The number of aryl methyl sites for hydroxylation is 2. The zero-order chi connectivity index (χ0) is 14.5. The molecule has 0 atom stereocenters. The summed E-state index contributed by atoms with van der Waals surface area (Å²) in [6, 6.07) is 13.0. The minimum Gasteiger partial charge on any atom is -0.484 e. The Morgan fingerprint density at radius 1 is 1.15 bits per heavy atom. The summed E-state index contributed by atoms with van der Waals surface area (Å²) in [5, 5.41) is 2.79. The molecule has 20 heavy (non-hydrogen) atoms. The third-order valence-corrected chi connectivity index (χ3v) is 2.93. The molecule has 3 N–H and O–H groups in total. The largest absolute Gasteiger partial charge is 0.484 e. The number of hydrogen-bond donors (Lipinski definition) is 2. The van der Waals surface area contributed by atoms with Gasteiger partial charge in [-0.15, -0.1) is 0 Å². The monoisotopic (exact) mass is 270 g/mol.